The summed E-state index contributed by atoms with van der Waals surface area (Å²) < 4.78 is 86.0. The van der Waals surface area contributed by atoms with Crippen LogP contribution in [0.2, 0.25) is 5.02 Å². The van der Waals surface area contributed by atoms with Crippen molar-refractivity contribution in [3.05, 3.63) is 71.2 Å². The molecule has 1 aromatic heterocycles. The third kappa shape index (κ3) is 5.38. The molecule has 3 rings (SSSR count). The Labute approximate surface area is 172 Å². The number of nitrogens with zero attached hydrogens (tertiary/aromatic N) is 2. The zero-order valence-electron chi connectivity index (χ0n) is 15.1. The van der Waals surface area contributed by atoms with Crippen LogP contribution in [-0.4, -0.2) is 23.8 Å². The molecular weight excluding hydrogens is 438 g/mol. The quantitative estimate of drug-likeness (QED) is 0.522. The van der Waals surface area contributed by atoms with Crippen LogP contribution in [-0.2, 0) is 0 Å². The lowest BCUT2D eigenvalue weighted by atomic mass is 10.1. The van der Waals surface area contributed by atoms with E-state index in [9.17, 15) is 26.3 Å². The lowest BCUT2D eigenvalue weighted by Gasteiger charge is -2.32. The number of hydrogen-bond acceptors (Lipinski definition) is 4. The molecule has 1 aliphatic rings. The molecule has 0 aliphatic carbocycles. The van der Waals surface area contributed by atoms with Crippen LogP contribution < -0.4 is 14.4 Å². The van der Waals surface area contributed by atoms with E-state index in [1.165, 1.54) is 17.2 Å². The number of pyridine rings is 1. The van der Waals surface area contributed by atoms with Crippen LogP contribution in [0, 0.1) is 6.92 Å². The third-order valence-electron chi connectivity index (χ3n) is 3.88. The number of aromatic nitrogens is 1. The van der Waals surface area contributed by atoms with Gasteiger partial charge in [-0.15, -0.1) is 13.2 Å². The molecule has 2 heterocycles. The minimum atomic E-state index is -4.90. The summed E-state index contributed by atoms with van der Waals surface area (Å²) in [5, 5.41) is -0.207. The number of allylic oxidation sites excluding steroid dienone is 2. The predicted molar refractivity (Wildman–Crippen MR) is 97.3 cm³/mol. The van der Waals surface area contributed by atoms with Crippen molar-refractivity contribution in [1.29, 1.82) is 0 Å². The molecule has 1 aromatic carbocycles. The van der Waals surface area contributed by atoms with Crippen molar-refractivity contribution < 1.29 is 35.8 Å². The van der Waals surface area contributed by atoms with Crippen LogP contribution in [0.25, 0.3) is 0 Å². The van der Waals surface area contributed by atoms with E-state index in [1.807, 2.05) is 0 Å². The van der Waals surface area contributed by atoms with Crippen LogP contribution in [0.5, 0.6) is 11.5 Å². The molecular formula is C19H13ClF6N2O2. The highest BCUT2D eigenvalue weighted by Gasteiger charge is 2.36. The second-order valence-electron chi connectivity index (χ2n) is 6.15. The van der Waals surface area contributed by atoms with Gasteiger partial charge in [-0.1, -0.05) is 11.6 Å². The maximum absolute atomic E-state index is 13.2. The molecule has 0 radical (unpaired) electrons. The van der Waals surface area contributed by atoms with E-state index < -0.39 is 30.1 Å². The van der Waals surface area contributed by atoms with Crippen LogP contribution in [0.15, 0.2) is 60.5 Å². The van der Waals surface area contributed by atoms with E-state index in [2.05, 4.69) is 9.72 Å². The topological polar surface area (TPSA) is 34.6 Å². The Balaban J connectivity index is 1.90. The second-order valence-corrected chi connectivity index (χ2v) is 6.56. The van der Waals surface area contributed by atoms with E-state index in [0.29, 0.717) is 11.4 Å². The van der Waals surface area contributed by atoms with Crippen LogP contribution in [0.1, 0.15) is 5.69 Å². The summed E-state index contributed by atoms with van der Waals surface area (Å²) in [5.74, 6) is -0.597. The van der Waals surface area contributed by atoms with E-state index in [0.717, 1.165) is 36.6 Å². The lowest BCUT2D eigenvalue weighted by Crippen LogP contribution is -2.37. The highest BCUT2D eigenvalue weighted by molar-refractivity contribution is 6.32. The molecule has 4 nitrogen and oxygen atoms in total. The first kappa shape index (κ1) is 21.8. The summed E-state index contributed by atoms with van der Waals surface area (Å²) in [6.07, 6.45) is -6.22. The van der Waals surface area contributed by atoms with Crippen LogP contribution >= 0.6 is 11.6 Å². The first-order valence-electron chi connectivity index (χ1n) is 8.32. The van der Waals surface area contributed by atoms with E-state index in [-0.39, 0.29) is 10.8 Å². The van der Waals surface area contributed by atoms with Gasteiger partial charge >= 0.3 is 12.5 Å². The van der Waals surface area contributed by atoms with E-state index >= 15 is 0 Å². The molecule has 1 unspecified atom stereocenters. The molecule has 160 valence electrons. The zero-order chi connectivity index (χ0) is 22.1. The van der Waals surface area contributed by atoms with Gasteiger partial charge in [0.05, 0.1) is 10.6 Å². The van der Waals surface area contributed by atoms with Gasteiger partial charge in [-0.2, -0.15) is 13.2 Å². The molecule has 0 fully saturated rings. The minimum Gasteiger partial charge on any atom is -0.465 e. The van der Waals surface area contributed by atoms with Gasteiger partial charge in [-0.05, 0) is 43.3 Å². The molecule has 0 N–H and O–H groups in total. The molecule has 1 atom stereocenters. The van der Waals surface area contributed by atoms with Crippen molar-refractivity contribution in [2.75, 3.05) is 4.90 Å². The smallest absolute Gasteiger partial charge is 0.465 e. The molecule has 0 bridgehead atoms. The number of rotatable bonds is 4. The fraction of sp³-hybridized carbons (Fsp3) is 0.211. The van der Waals surface area contributed by atoms with Crippen molar-refractivity contribution in [3.8, 4) is 11.5 Å². The molecule has 11 heteroatoms. The molecule has 1 aliphatic heterocycles. The van der Waals surface area contributed by atoms with E-state index in [1.54, 1.807) is 13.0 Å². The maximum atomic E-state index is 13.2. The predicted octanol–water partition coefficient (Wildman–Crippen LogP) is 6.17. The molecule has 0 spiro atoms. The van der Waals surface area contributed by atoms with Crippen molar-refractivity contribution in [2.24, 2.45) is 0 Å². The zero-order valence-corrected chi connectivity index (χ0v) is 15.9. The molecule has 2 aromatic rings. The van der Waals surface area contributed by atoms with Crippen LogP contribution in [0.4, 0.5) is 32.0 Å². The Morgan fingerprint density at radius 2 is 1.80 bits per heavy atom. The summed E-state index contributed by atoms with van der Waals surface area (Å²) in [6.45, 7) is 1.67. The SMILES string of the molecule is Cc1cc(N2C=C(C(F)(F)F)C=CC2Oc2ccc(OC(F)(F)F)cc2Cl)ccn1. The Morgan fingerprint density at radius 1 is 1.07 bits per heavy atom. The van der Waals surface area contributed by atoms with E-state index in [4.69, 9.17) is 16.3 Å². The maximum Gasteiger partial charge on any atom is 0.573 e. The van der Waals surface area contributed by atoms with Gasteiger partial charge in [0.2, 0.25) is 0 Å². The minimum absolute atomic E-state index is 0.0412. The van der Waals surface area contributed by atoms with Gasteiger partial charge in [-0.3, -0.25) is 4.98 Å². The van der Waals surface area contributed by atoms with Crippen molar-refractivity contribution in [3.63, 3.8) is 0 Å². The number of benzene rings is 1. The monoisotopic (exact) mass is 450 g/mol. The largest absolute Gasteiger partial charge is 0.573 e. The van der Waals surface area contributed by atoms with Gasteiger partial charge in [0.1, 0.15) is 11.5 Å². The van der Waals surface area contributed by atoms with Crippen molar-refractivity contribution in [1.82, 2.24) is 4.98 Å². The average Bonchev–Trinajstić information content (AvgIpc) is 2.62. The highest BCUT2D eigenvalue weighted by atomic mass is 35.5. The first-order chi connectivity index (χ1) is 13.9. The van der Waals surface area contributed by atoms with Gasteiger partial charge in [0.15, 0.2) is 6.23 Å². The molecule has 0 amide bonds. The molecule has 0 saturated carbocycles. The number of hydrogen-bond donors (Lipinski definition) is 0. The molecule has 0 saturated heterocycles. The Bertz CT molecular complexity index is 988. The number of halogens is 7. The summed E-state index contributed by atoms with van der Waals surface area (Å²) in [7, 11) is 0. The number of anilines is 1. The number of ether oxygens (including phenoxy) is 2. The highest BCUT2D eigenvalue weighted by Crippen LogP contribution is 2.36. The standard InChI is InChI=1S/C19H13ClF6N2O2/c1-11-8-13(6-7-27-11)28-10-12(18(21,22)23)2-5-17(28)29-16-4-3-14(9-15(16)20)30-19(24,25)26/h2-10,17H,1H3. The second kappa shape index (κ2) is 8.10. The normalized spacial score (nSPS) is 17.0. The number of aryl methyl sites for hydroxylation is 1. The van der Waals surface area contributed by atoms with Crippen molar-refractivity contribution in [2.45, 2.75) is 25.7 Å². The lowest BCUT2D eigenvalue weighted by molar-refractivity contribution is -0.274. The summed E-state index contributed by atoms with van der Waals surface area (Å²) in [5.41, 5.74) is 0.0260. The Hall–Kier alpha value is -2.88. The van der Waals surface area contributed by atoms with Gasteiger partial charge < -0.3 is 14.4 Å². The summed E-state index contributed by atoms with van der Waals surface area (Å²) in [6, 6.07) is 6.07. The Kier molecular flexibility index (Phi) is 5.89. The number of alkyl halides is 6. The molecule has 30 heavy (non-hydrogen) atoms. The van der Waals surface area contributed by atoms with Crippen LogP contribution in [0.3, 0.4) is 0 Å². The fourth-order valence-electron chi connectivity index (χ4n) is 2.63. The summed E-state index contributed by atoms with van der Waals surface area (Å²) >= 11 is 5.98. The Morgan fingerprint density at radius 3 is 2.40 bits per heavy atom. The van der Waals surface area contributed by atoms with Crippen molar-refractivity contribution >= 4 is 17.3 Å². The fourth-order valence-corrected chi connectivity index (χ4v) is 2.84. The van der Waals surface area contributed by atoms with Gasteiger partial charge in [0.25, 0.3) is 0 Å². The summed E-state index contributed by atoms with van der Waals surface area (Å²) in [4.78, 5) is 5.23. The van der Waals surface area contributed by atoms with Gasteiger partial charge in [-0.25, -0.2) is 0 Å². The van der Waals surface area contributed by atoms with Gasteiger partial charge in [0, 0.05) is 29.8 Å². The first-order valence-corrected chi connectivity index (χ1v) is 8.70. The third-order valence-corrected chi connectivity index (χ3v) is 4.18. The average molecular weight is 451 g/mol.